The van der Waals surface area contributed by atoms with Crippen LogP contribution in [0.2, 0.25) is 0 Å². The first-order valence-electron chi connectivity index (χ1n) is 6.48. The molecule has 10 heteroatoms. The number of nitrogens with two attached hydrogens (primary N) is 1. The molecule has 0 aliphatic carbocycles. The second-order valence-corrected chi connectivity index (χ2v) is 4.94. The highest BCUT2D eigenvalue weighted by atomic mass is 19.4. The molecule has 1 fully saturated rings. The van der Waals surface area contributed by atoms with E-state index in [2.05, 4.69) is 20.1 Å². The van der Waals surface area contributed by atoms with Crippen LogP contribution in [0.4, 0.5) is 19.0 Å². The fraction of sp³-hybridized carbons (Fsp3) is 0.500. The number of hydrogen-bond donors (Lipinski definition) is 1. The van der Waals surface area contributed by atoms with Gasteiger partial charge in [-0.2, -0.15) is 18.2 Å². The maximum absolute atomic E-state index is 13.5. The Balaban J connectivity index is 2.03. The summed E-state index contributed by atoms with van der Waals surface area (Å²) in [7, 11) is 0. The zero-order valence-corrected chi connectivity index (χ0v) is 11.3. The van der Waals surface area contributed by atoms with Gasteiger partial charge in [-0.05, 0) is 12.8 Å². The largest absolute Gasteiger partial charge is 0.403 e. The molecule has 22 heavy (non-hydrogen) atoms. The van der Waals surface area contributed by atoms with Gasteiger partial charge >= 0.3 is 6.18 Å². The van der Waals surface area contributed by atoms with E-state index < -0.39 is 17.5 Å². The predicted molar refractivity (Wildman–Crippen MR) is 67.5 cm³/mol. The number of ether oxygens (including phenoxy) is 1. The summed E-state index contributed by atoms with van der Waals surface area (Å²) in [5, 5.41) is 3.59. The van der Waals surface area contributed by atoms with Gasteiger partial charge in [0.05, 0.1) is 5.56 Å². The summed E-state index contributed by atoms with van der Waals surface area (Å²) in [5.74, 6) is -0.486. The van der Waals surface area contributed by atoms with Gasteiger partial charge in [-0.15, -0.1) is 0 Å². The Kier molecular flexibility index (Phi) is 3.47. The summed E-state index contributed by atoms with van der Waals surface area (Å²) in [4.78, 5) is 11.4. The maximum Gasteiger partial charge on any atom is 0.403 e. The zero-order chi connectivity index (χ0) is 15.8. The van der Waals surface area contributed by atoms with E-state index >= 15 is 0 Å². The second kappa shape index (κ2) is 5.20. The molecule has 0 unspecified atom stereocenters. The number of nitrogen functional groups attached to an aromatic ring is 1. The van der Waals surface area contributed by atoms with Crippen LogP contribution in [0.5, 0.6) is 0 Å². The van der Waals surface area contributed by atoms with Crippen LogP contribution in [0.1, 0.15) is 18.7 Å². The maximum atomic E-state index is 13.5. The van der Waals surface area contributed by atoms with Crippen LogP contribution in [0.3, 0.4) is 0 Å². The monoisotopic (exact) mass is 315 g/mol. The third-order valence-electron chi connectivity index (χ3n) is 3.71. The molecule has 3 heterocycles. The van der Waals surface area contributed by atoms with Gasteiger partial charge in [0.1, 0.15) is 17.6 Å². The Bertz CT molecular complexity index is 667. The van der Waals surface area contributed by atoms with Crippen molar-refractivity contribution in [3.8, 4) is 11.4 Å². The van der Waals surface area contributed by atoms with E-state index in [1.165, 1.54) is 12.5 Å². The summed E-state index contributed by atoms with van der Waals surface area (Å²) in [6.07, 6.45) is -2.51. The number of rotatable bonds is 2. The van der Waals surface area contributed by atoms with Crippen molar-refractivity contribution < 1.29 is 22.4 Å². The molecule has 118 valence electrons. The number of nitrogens with zero attached hydrogens (tertiary/aromatic N) is 4. The Morgan fingerprint density at radius 2 is 1.95 bits per heavy atom. The van der Waals surface area contributed by atoms with Crippen molar-refractivity contribution in [2.24, 2.45) is 0 Å². The molecule has 1 aliphatic rings. The van der Waals surface area contributed by atoms with Gasteiger partial charge in [-0.3, -0.25) is 0 Å². The van der Waals surface area contributed by atoms with E-state index in [9.17, 15) is 13.2 Å². The predicted octanol–water partition coefficient (Wildman–Crippen LogP) is 1.72. The van der Waals surface area contributed by atoms with Crippen molar-refractivity contribution in [2.75, 3.05) is 18.9 Å². The molecule has 0 saturated carbocycles. The van der Waals surface area contributed by atoms with Crippen LogP contribution in [-0.4, -0.2) is 39.5 Å². The molecule has 1 aliphatic heterocycles. The van der Waals surface area contributed by atoms with Gasteiger partial charge in [0.2, 0.25) is 11.7 Å². The van der Waals surface area contributed by atoms with Crippen molar-refractivity contribution >= 4 is 5.82 Å². The highest BCUT2D eigenvalue weighted by Gasteiger charge is 2.60. The van der Waals surface area contributed by atoms with Crippen molar-refractivity contribution in [1.29, 1.82) is 0 Å². The molecule has 2 aromatic rings. The van der Waals surface area contributed by atoms with E-state index in [1.807, 2.05) is 0 Å². The minimum Gasteiger partial charge on any atom is -0.383 e. The summed E-state index contributed by atoms with van der Waals surface area (Å²) in [5.41, 5.74) is 3.67. The molecule has 0 aromatic carbocycles. The third kappa shape index (κ3) is 2.28. The van der Waals surface area contributed by atoms with E-state index in [4.69, 9.17) is 15.0 Å². The van der Waals surface area contributed by atoms with Gasteiger partial charge in [0, 0.05) is 19.4 Å². The first kappa shape index (κ1) is 14.7. The van der Waals surface area contributed by atoms with Gasteiger partial charge in [0.15, 0.2) is 0 Å². The smallest absolute Gasteiger partial charge is 0.383 e. The zero-order valence-electron chi connectivity index (χ0n) is 11.3. The SMILES string of the molecule is Nc1ncncc1-c1noc(C2(C(F)(F)F)CCOCC2)n1. The van der Waals surface area contributed by atoms with Gasteiger partial charge < -0.3 is 15.0 Å². The third-order valence-corrected chi connectivity index (χ3v) is 3.71. The fourth-order valence-electron chi connectivity index (χ4n) is 2.38. The van der Waals surface area contributed by atoms with Crippen LogP contribution >= 0.6 is 0 Å². The van der Waals surface area contributed by atoms with Crippen molar-refractivity contribution in [2.45, 2.75) is 24.4 Å². The average Bonchev–Trinajstić information content (AvgIpc) is 2.97. The minimum absolute atomic E-state index is 0.0200. The summed E-state index contributed by atoms with van der Waals surface area (Å²) in [6, 6.07) is 0. The Morgan fingerprint density at radius 3 is 2.59 bits per heavy atom. The molecular formula is C12H12F3N5O2. The normalized spacial score (nSPS) is 18.3. The Hall–Kier alpha value is -2.23. The van der Waals surface area contributed by atoms with Crippen molar-refractivity contribution in [3.05, 3.63) is 18.4 Å². The molecule has 0 atom stereocenters. The number of alkyl halides is 3. The molecule has 2 aromatic heterocycles. The molecule has 7 nitrogen and oxygen atoms in total. The number of aromatic nitrogens is 4. The molecule has 2 N–H and O–H groups in total. The number of anilines is 1. The quantitative estimate of drug-likeness (QED) is 0.900. The van der Waals surface area contributed by atoms with Crippen LogP contribution in [0.15, 0.2) is 17.0 Å². The van der Waals surface area contributed by atoms with E-state index in [1.54, 1.807) is 0 Å². The summed E-state index contributed by atoms with van der Waals surface area (Å²) < 4.78 is 50.5. The molecule has 0 radical (unpaired) electrons. The van der Waals surface area contributed by atoms with E-state index in [0.29, 0.717) is 0 Å². The highest BCUT2D eigenvalue weighted by Crippen LogP contribution is 2.47. The van der Waals surface area contributed by atoms with E-state index in [-0.39, 0.29) is 43.3 Å². The molecule has 1 saturated heterocycles. The lowest BCUT2D eigenvalue weighted by Gasteiger charge is -2.35. The lowest BCUT2D eigenvalue weighted by molar-refractivity contribution is -0.217. The number of hydrogen-bond acceptors (Lipinski definition) is 7. The van der Waals surface area contributed by atoms with Crippen LogP contribution in [-0.2, 0) is 10.2 Å². The molecule has 0 bridgehead atoms. The van der Waals surface area contributed by atoms with E-state index in [0.717, 1.165) is 0 Å². The first-order chi connectivity index (χ1) is 10.4. The topological polar surface area (TPSA) is 100.0 Å². The van der Waals surface area contributed by atoms with Crippen molar-refractivity contribution in [1.82, 2.24) is 20.1 Å². The Morgan fingerprint density at radius 1 is 1.23 bits per heavy atom. The Labute approximate surface area is 122 Å². The average molecular weight is 315 g/mol. The minimum atomic E-state index is -4.51. The van der Waals surface area contributed by atoms with Gasteiger partial charge in [-0.25, -0.2) is 9.97 Å². The van der Waals surface area contributed by atoms with Gasteiger partial charge in [0.25, 0.3) is 0 Å². The molecule has 3 rings (SSSR count). The van der Waals surface area contributed by atoms with Crippen LogP contribution in [0, 0.1) is 0 Å². The summed E-state index contributed by atoms with van der Waals surface area (Å²) >= 11 is 0. The molecule has 0 amide bonds. The molecule has 0 spiro atoms. The highest BCUT2D eigenvalue weighted by molar-refractivity contribution is 5.66. The van der Waals surface area contributed by atoms with Crippen LogP contribution < -0.4 is 5.73 Å². The van der Waals surface area contributed by atoms with Crippen molar-refractivity contribution in [3.63, 3.8) is 0 Å². The number of halogens is 3. The molecular weight excluding hydrogens is 303 g/mol. The summed E-state index contributed by atoms with van der Waals surface area (Å²) in [6.45, 7) is -0.0401. The second-order valence-electron chi connectivity index (χ2n) is 4.94. The lowest BCUT2D eigenvalue weighted by Crippen LogP contribution is -2.47. The lowest BCUT2D eigenvalue weighted by atomic mass is 9.79. The fourth-order valence-corrected chi connectivity index (χ4v) is 2.38. The van der Waals surface area contributed by atoms with Gasteiger partial charge in [-0.1, -0.05) is 5.16 Å². The first-order valence-corrected chi connectivity index (χ1v) is 6.48. The van der Waals surface area contributed by atoms with Crippen LogP contribution in [0.25, 0.3) is 11.4 Å². The standard InChI is InChI=1S/C12H12F3N5O2/c13-12(14,15)11(1-3-21-4-2-11)10-19-9(20-22-10)7-5-17-6-18-8(7)16/h5-6H,1-4H2,(H2,16,17,18).